The topological polar surface area (TPSA) is 146 Å². The van der Waals surface area contributed by atoms with Crippen LogP contribution in [0.4, 0.5) is 5.82 Å². The highest BCUT2D eigenvalue weighted by molar-refractivity contribution is 5.82. The Labute approximate surface area is 173 Å². The summed E-state index contributed by atoms with van der Waals surface area (Å²) in [5.41, 5.74) is 0.227. The number of anilines is 1. The smallest absolute Gasteiger partial charge is 0.348 e. The Kier molecular flexibility index (Phi) is 5.26. The van der Waals surface area contributed by atoms with E-state index in [1.165, 1.54) is 43.0 Å². The summed E-state index contributed by atoms with van der Waals surface area (Å²) in [6.07, 6.45) is 5.67. The largest absolute Gasteiger partial charge is 0.394 e. The molecule has 5 N–H and O–H groups in total. The number of nitrogens with zero attached hydrogens (tertiary/aromatic N) is 3. The summed E-state index contributed by atoms with van der Waals surface area (Å²) in [5, 5.41) is 33.2. The van der Waals surface area contributed by atoms with Gasteiger partial charge in [0.25, 0.3) is 0 Å². The molecule has 2 saturated carbocycles. The zero-order chi connectivity index (χ0) is 20.8. The first kappa shape index (κ1) is 19.9. The zero-order valence-electron chi connectivity index (χ0n) is 16.8. The number of rotatable bonds is 4. The molecule has 0 amide bonds. The molecule has 1 saturated heterocycles. The first-order chi connectivity index (χ1) is 14.5. The second kappa shape index (κ2) is 7.92. The van der Waals surface area contributed by atoms with Crippen LogP contribution >= 0.6 is 0 Å². The molecule has 2 aromatic rings. The van der Waals surface area contributed by atoms with Gasteiger partial charge in [-0.15, -0.1) is 0 Å². The fraction of sp³-hybridized carbons (Fsp3) is 0.750. The van der Waals surface area contributed by atoms with Gasteiger partial charge in [0.15, 0.2) is 11.9 Å². The summed E-state index contributed by atoms with van der Waals surface area (Å²) in [4.78, 5) is 23.5. The van der Waals surface area contributed by atoms with Crippen LogP contribution in [0.25, 0.3) is 11.2 Å². The van der Waals surface area contributed by atoms with Gasteiger partial charge in [0.2, 0.25) is 0 Å². The highest BCUT2D eigenvalue weighted by Gasteiger charge is 2.44. The van der Waals surface area contributed by atoms with Crippen molar-refractivity contribution < 1.29 is 20.1 Å². The molecule has 0 spiro atoms. The molecule has 10 heteroatoms. The van der Waals surface area contributed by atoms with E-state index in [9.17, 15) is 20.1 Å². The molecular formula is C20H29N5O5. The number of H-pyrrole nitrogens is 1. The first-order valence-corrected chi connectivity index (χ1v) is 10.9. The Hall–Kier alpha value is -2.01. The van der Waals surface area contributed by atoms with Gasteiger partial charge < -0.3 is 25.4 Å². The summed E-state index contributed by atoms with van der Waals surface area (Å²) in [6, 6.07) is 0.268. The van der Waals surface area contributed by atoms with Crippen LogP contribution in [0, 0.1) is 11.8 Å². The number of ether oxygens (including phenoxy) is 1. The van der Waals surface area contributed by atoms with Crippen molar-refractivity contribution in [2.24, 2.45) is 11.8 Å². The van der Waals surface area contributed by atoms with Crippen LogP contribution < -0.4 is 11.0 Å². The van der Waals surface area contributed by atoms with Crippen molar-refractivity contribution in [3.05, 3.63) is 16.8 Å². The van der Waals surface area contributed by atoms with Crippen molar-refractivity contribution in [1.82, 2.24) is 19.5 Å². The predicted octanol–water partition coefficient (Wildman–Crippen LogP) is 0.502. The van der Waals surface area contributed by atoms with Crippen molar-refractivity contribution in [2.75, 3.05) is 11.9 Å². The number of fused-ring (bicyclic) bond motifs is 2. The van der Waals surface area contributed by atoms with Crippen LogP contribution in [0.15, 0.2) is 11.1 Å². The van der Waals surface area contributed by atoms with Crippen molar-refractivity contribution in [1.29, 1.82) is 0 Å². The number of hydrogen-bond donors (Lipinski definition) is 5. The summed E-state index contributed by atoms with van der Waals surface area (Å²) in [6.45, 7) is -0.425. The number of aromatic amines is 1. The van der Waals surface area contributed by atoms with Crippen molar-refractivity contribution in [3.63, 3.8) is 0 Å². The molecule has 5 rings (SSSR count). The van der Waals surface area contributed by atoms with Crippen molar-refractivity contribution >= 4 is 17.0 Å². The van der Waals surface area contributed by atoms with E-state index in [0.29, 0.717) is 11.3 Å². The van der Waals surface area contributed by atoms with E-state index >= 15 is 0 Å². The minimum atomic E-state index is -1.27. The lowest BCUT2D eigenvalue weighted by Crippen LogP contribution is -2.35. The maximum Gasteiger partial charge on any atom is 0.348 e. The maximum absolute atomic E-state index is 12.3. The van der Waals surface area contributed by atoms with Gasteiger partial charge in [-0.2, -0.15) is 4.98 Å². The van der Waals surface area contributed by atoms with E-state index in [1.807, 2.05) is 0 Å². The first-order valence-electron chi connectivity index (χ1n) is 10.9. The minimum absolute atomic E-state index is 0.266. The van der Waals surface area contributed by atoms with E-state index in [2.05, 4.69) is 20.3 Å². The summed E-state index contributed by atoms with van der Waals surface area (Å²) in [5.74, 6) is 2.10. The predicted molar refractivity (Wildman–Crippen MR) is 108 cm³/mol. The Bertz CT molecular complexity index is 961. The second-order valence-corrected chi connectivity index (χ2v) is 8.93. The molecule has 4 unspecified atom stereocenters. The van der Waals surface area contributed by atoms with E-state index in [4.69, 9.17) is 4.74 Å². The number of nitrogens with one attached hydrogen (secondary N) is 2. The molecule has 7 atom stereocenters. The average Bonchev–Trinajstić information content (AvgIpc) is 3.29. The normalized spacial score (nSPS) is 36.7. The lowest BCUT2D eigenvalue weighted by atomic mass is 9.69. The molecule has 164 valence electrons. The summed E-state index contributed by atoms with van der Waals surface area (Å²) < 4.78 is 7.02. The van der Waals surface area contributed by atoms with Crippen LogP contribution in [0.2, 0.25) is 0 Å². The highest BCUT2D eigenvalue weighted by Crippen LogP contribution is 2.41. The van der Waals surface area contributed by atoms with Crippen LogP contribution in [0.3, 0.4) is 0 Å². The van der Waals surface area contributed by atoms with Gasteiger partial charge in [-0.1, -0.05) is 25.7 Å². The highest BCUT2D eigenvalue weighted by atomic mass is 16.6. The molecule has 3 heterocycles. The van der Waals surface area contributed by atoms with Crippen LogP contribution in [0.5, 0.6) is 0 Å². The Morgan fingerprint density at radius 2 is 1.97 bits per heavy atom. The lowest BCUT2D eigenvalue weighted by Gasteiger charge is -2.39. The van der Waals surface area contributed by atoms with Gasteiger partial charge >= 0.3 is 5.69 Å². The zero-order valence-corrected chi connectivity index (χ0v) is 16.8. The minimum Gasteiger partial charge on any atom is -0.394 e. The maximum atomic E-state index is 12.3. The van der Waals surface area contributed by atoms with Gasteiger partial charge in [-0.05, 0) is 31.1 Å². The van der Waals surface area contributed by atoms with Gasteiger partial charge in [-0.25, -0.2) is 9.78 Å². The third-order valence-corrected chi connectivity index (χ3v) is 7.12. The Morgan fingerprint density at radius 1 is 1.17 bits per heavy atom. The molecule has 2 aliphatic carbocycles. The number of aliphatic hydroxyl groups excluding tert-OH is 3. The Morgan fingerprint density at radius 3 is 2.73 bits per heavy atom. The van der Waals surface area contributed by atoms with Crippen LogP contribution in [-0.4, -0.2) is 65.8 Å². The average molecular weight is 419 g/mol. The van der Waals surface area contributed by atoms with Crippen LogP contribution in [-0.2, 0) is 4.74 Å². The molecule has 0 aromatic carbocycles. The van der Waals surface area contributed by atoms with Crippen molar-refractivity contribution in [3.8, 4) is 0 Å². The quantitative estimate of drug-likeness (QED) is 0.482. The molecule has 2 aromatic heterocycles. The van der Waals surface area contributed by atoms with Gasteiger partial charge in [0.1, 0.15) is 29.6 Å². The fourth-order valence-electron chi connectivity index (χ4n) is 5.54. The third kappa shape index (κ3) is 3.41. The monoisotopic (exact) mass is 419 g/mol. The SMILES string of the molecule is O=c1nc2c(ncn2C2O[C@H](CO)[C@@H](O)[C@H]2O)c(NC2CCC3CCCCC3C2)[nH]1. The third-order valence-electron chi connectivity index (χ3n) is 7.12. The summed E-state index contributed by atoms with van der Waals surface area (Å²) >= 11 is 0. The molecule has 0 bridgehead atoms. The lowest BCUT2D eigenvalue weighted by molar-refractivity contribution is -0.0511. The molecular weight excluding hydrogens is 390 g/mol. The Balaban J connectivity index is 1.41. The molecule has 3 aliphatic rings. The number of aromatic nitrogens is 4. The number of imidazole rings is 1. The number of hydrogen-bond acceptors (Lipinski definition) is 8. The fourth-order valence-corrected chi connectivity index (χ4v) is 5.54. The van der Waals surface area contributed by atoms with Gasteiger partial charge in [0, 0.05) is 6.04 Å². The summed E-state index contributed by atoms with van der Waals surface area (Å²) in [7, 11) is 0. The van der Waals surface area contributed by atoms with Crippen LogP contribution in [0.1, 0.15) is 51.2 Å². The standard InChI is InChI=1S/C20H29N5O5/c26-8-13-15(27)16(28)19(30-13)25-9-21-14-17(23-20(29)24-18(14)25)22-12-6-5-10-3-1-2-4-11(10)7-12/h9-13,15-16,19,26-28H,1-8H2,(H2,22,23,24,29)/t10?,11?,12?,13-,15-,16-,19?/m1/s1. The molecule has 1 aliphatic heterocycles. The molecule has 10 nitrogen and oxygen atoms in total. The van der Waals surface area contributed by atoms with E-state index in [0.717, 1.165) is 24.7 Å². The number of aliphatic hydroxyl groups is 3. The molecule has 0 radical (unpaired) electrons. The van der Waals surface area contributed by atoms with E-state index in [1.54, 1.807) is 0 Å². The van der Waals surface area contributed by atoms with E-state index < -0.39 is 36.8 Å². The van der Waals surface area contributed by atoms with Gasteiger partial charge in [0.05, 0.1) is 12.9 Å². The van der Waals surface area contributed by atoms with E-state index in [-0.39, 0.29) is 11.7 Å². The second-order valence-electron chi connectivity index (χ2n) is 8.93. The molecule has 3 fully saturated rings. The molecule has 30 heavy (non-hydrogen) atoms. The van der Waals surface area contributed by atoms with Crippen molar-refractivity contribution in [2.45, 2.75) is 75.5 Å². The van der Waals surface area contributed by atoms with Gasteiger partial charge in [-0.3, -0.25) is 9.55 Å².